The van der Waals surface area contributed by atoms with Crippen LogP contribution in [0.1, 0.15) is 29.5 Å². The van der Waals surface area contributed by atoms with Gasteiger partial charge in [-0.25, -0.2) is 0 Å². The Morgan fingerprint density at radius 3 is 2.29 bits per heavy atom. The van der Waals surface area contributed by atoms with Gasteiger partial charge in [-0.2, -0.15) is 0 Å². The molecule has 5 rings (SSSR count). The van der Waals surface area contributed by atoms with Gasteiger partial charge in [0.05, 0.1) is 12.3 Å². The van der Waals surface area contributed by atoms with E-state index < -0.39 is 0 Å². The molecular formula is C30H24ClNO2. The second-order valence-corrected chi connectivity index (χ2v) is 8.40. The average molecular weight is 466 g/mol. The van der Waals surface area contributed by atoms with Gasteiger partial charge in [0.15, 0.2) is 0 Å². The molecule has 4 heteroatoms. The van der Waals surface area contributed by atoms with Crippen LogP contribution in [0.15, 0.2) is 114 Å². The molecule has 3 nitrogen and oxygen atoms in total. The monoisotopic (exact) mass is 465 g/mol. The molecule has 0 spiro atoms. The summed E-state index contributed by atoms with van der Waals surface area (Å²) in [5.41, 5.74) is 5.08. The molecule has 0 radical (unpaired) electrons. The standard InChI is InChI=1S/C30H24ClNO2/c1-2-33-25-18-12-22(13-19-25)30-27(20-32-24-16-14-23(31)15-17-24)29(21-8-4-3-5-9-21)26-10-6-7-11-28(26)34-30/h3-20,29H,2H2,1H3. The molecule has 34 heavy (non-hydrogen) atoms. The van der Waals surface area contributed by atoms with E-state index in [-0.39, 0.29) is 5.92 Å². The highest BCUT2D eigenvalue weighted by molar-refractivity contribution is 6.30. The summed E-state index contributed by atoms with van der Waals surface area (Å²) in [6.45, 7) is 2.61. The Morgan fingerprint density at radius 1 is 0.853 bits per heavy atom. The Hall–Kier alpha value is -3.82. The van der Waals surface area contributed by atoms with Gasteiger partial charge in [0.2, 0.25) is 0 Å². The Balaban J connectivity index is 1.68. The Kier molecular flexibility index (Phi) is 6.46. The molecule has 4 aromatic carbocycles. The first-order valence-corrected chi connectivity index (χ1v) is 11.7. The molecule has 0 amide bonds. The molecule has 1 aliphatic rings. The number of fused-ring (bicyclic) bond motifs is 1. The zero-order chi connectivity index (χ0) is 23.3. The predicted molar refractivity (Wildman–Crippen MR) is 139 cm³/mol. The van der Waals surface area contributed by atoms with Crippen LogP contribution in [0.3, 0.4) is 0 Å². The lowest BCUT2D eigenvalue weighted by Gasteiger charge is -2.30. The van der Waals surface area contributed by atoms with Crippen molar-refractivity contribution in [1.82, 2.24) is 0 Å². The van der Waals surface area contributed by atoms with Gasteiger partial charge in [-0.05, 0) is 67.1 Å². The number of hydrogen-bond donors (Lipinski definition) is 0. The third-order valence-electron chi connectivity index (χ3n) is 5.75. The Labute approximate surface area is 205 Å². The SMILES string of the molecule is CCOc1ccc(C2=C(C=Nc3ccc(Cl)cc3)C(c3ccccc3)c3ccccc3O2)cc1. The van der Waals surface area contributed by atoms with E-state index in [1.807, 2.05) is 85.9 Å². The summed E-state index contributed by atoms with van der Waals surface area (Å²) in [5.74, 6) is 2.44. The van der Waals surface area contributed by atoms with Crippen LogP contribution in [0.4, 0.5) is 5.69 Å². The highest BCUT2D eigenvalue weighted by Gasteiger charge is 2.30. The maximum Gasteiger partial charge on any atom is 0.140 e. The Bertz CT molecular complexity index is 1330. The van der Waals surface area contributed by atoms with Crippen LogP contribution in [-0.4, -0.2) is 12.8 Å². The van der Waals surface area contributed by atoms with Gasteiger partial charge in [-0.1, -0.05) is 60.1 Å². The van der Waals surface area contributed by atoms with E-state index in [1.54, 1.807) is 0 Å². The third-order valence-corrected chi connectivity index (χ3v) is 6.01. The van der Waals surface area contributed by atoms with Crippen molar-refractivity contribution in [2.24, 2.45) is 4.99 Å². The normalized spacial score (nSPS) is 15.2. The molecule has 168 valence electrons. The van der Waals surface area contributed by atoms with Crippen LogP contribution in [0.2, 0.25) is 5.02 Å². The van der Waals surface area contributed by atoms with Crippen molar-refractivity contribution in [2.75, 3.05) is 6.61 Å². The van der Waals surface area contributed by atoms with E-state index in [4.69, 9.17) is 26.1 Å². The topological polar surface area (TPSA) is 30.8 Å². The van der Waals surface area contributed by atoms with Gasteiger partial charge in [-0.15, -0.1) is 0 Å². The second kappa shape index (κ2) is 9.98. The fourth-order valence-corrected chi connectivity index (χ4v) is 4.31. The molecule has 1 unspecified atom stereocenters. The number of benzene rings is 4. The van der Waals surface area contributed by atoms with Crippen molar-refractivity contribution >= 4 is 29.3 Å². The third kappa shape index (κ3) is 4.61. The highest BCUT2D eigenvalue weighted by atomic mass is 35.5. The van der Waals surface area contributed by atoms with Crippen LogP contribution in [0, 0.1) is 0 Å². The number of ether oxygens (including phenoxy) is 2. The lowest BCUT2D eigenvalue weighted by Crippen LogP contribution is -2.17. The number of hydrogen-bond acceptors (Lipinski definition) is 3. The lowest BCUT2D eigenvalue weighted by atomic mass is 9.81. The number of allylic oxidation sites excluding steroid dienone is 1. The van der Waals surface area contributed by atoms with E-state index in [2.05, 4.69) is 30.3 Å². The van der Waals surface area contributed by atoms with Crippen molar-refractivity contribution in [1.29, 1.82) is 0 Å². The van der Waals surface area contributed by atoms with Crippen LogP contribution < -0.4 is 9.47 Å². The first-order chi connectivity index (χ1) is 16.7. The van der Waals surface area contributed by atoms with Crippen molar-refractivity contribution in [2.45, 2.75) is 12.8 Å². The van der Waals surface area contributed by atoms with Crippen LogP contribution in [0.25, 0.3) is 5.76 Å². The molecule has 0 aliphatic carbocycles. The lowest BCUT2D eigenvalue weighted by molar-refractivity contribution is 0.340. The zero-order valence-electron chi connectivity index (χ0n) is 18.8. The van der Waals surface area contributed by atoms with Crippen LogP contribution in [-0.2, 0) is 0 Å². The zero-order valence-corrected chi connectivity index (χ0v) is 19.6. The van der Waals surface area contributed by atoms with E-state index in [0.717, 1.165) is 39.6 Å². The highest BCUT2D eigenvalue weighted by Crippen LogP contribution is 2.45. The van der Waals surface area contributed by atoms with Crippen molar-refractivity contribution < 1.29 is 9.47 Å². The van der Waals surface area contributed by atoms with Crippen molar-refractivity contribution in [3.63, 3.8) is 0 Å². The van der Waals surface area contributed by atoms with Gasteiger partial charge in [0.1, 0.15) is 17.3 Å². The minimum atomic E-state index is -0.0243. The van der Waals surface area contributed by atoms with Crippen LogP contribution in [0.5, 0.6) is 11.5 Å². The minimum absolute atomic E-state index is 0.0243. The van der Waals surface area contributed by atoms with E-state index in [0.29, 0.717) is 11.6 Å². The summed E-state index contributed by atoms with van der Waals surface area (Å²) in [4.78, 5) is 4.80. The molecular weight excluding hydrogens is 442 g/mol. The number of nitrogens with zero attached hydrogens (tertiary/aromatic N) is 1. The fraction of sp³-hybridized carbons (Fsp3) is 0.100. The number of para-hydroxylation sites is 1. The van der Waals surface area contributed by atoms with Crippen molar-refractivity contribution in [3.05, 3.63) is 130 Å². The van der Waals surface area contributed by atoms with Crippen molar-refractivity contribution in [3.8, 4) is 11.5 Å². The van der Waals surface area contributed by atoms with E-state index in [9.17, 15) is 0 Å². The summed E-state index contributed by atoms with van der Waals surface area (Å²) >= 11 is 6.07. The molecule has 0 bridgehead atoms. The predicted octanol–water partition coefficient (Wildman–Crippen LogP) is 8.08. The average Bonchev–Trinajstić information content (AvgIpc) is 2.89. The van der Waals surface area contributed by atoms with Gasteiger partial charge >= 0.3 is 0 Å². The minimum Gasteiger partial charge on any atom is -0.494 e. The van der Waals surface area contributed by atoms with Gasteiger partial charge < -0.3 is 9.47 Å². The first-order valence-electron chi connectivity index (χ1n) is 11.3. The summed E-state index contributed by atoms with van der Waals surface area (Å²) in [7, 11) is 0. The quantitative estimate of drug-likeness (QED) is 0.269. The summed E-state index contributed by atoms with van der Waals surface area (Å²) in [6, 6.07) is 34.2. The Morgan fingerprint density at radius 2 is 1.56 bits per heavy atom. The molecule has 0 fully saturated rings. The number of aliphatic imine (C=N–C) groups is 1. The van der Waals surface area contributed by atoms with E-state index in [1.165, 1.54) is 5.56 Å². The molecule has 4 aromatic rings. The van der Waals surface area contributed by atoms with Gasteiger partial charge in [-0.3, -0.25) is 4.99 Å². The molecule has 0 N–H and O–H groups in total. The number of halogens is 1. The van der Waals surface area contributed by atoms with Gasteiger partial charge in [0, 0.05) is 33.9 Å². The fourth-order valence-electron chi connectivity index (χ4n) is 4.18. The summed E-state index contributed by atoms with van der Waals surface area (Å²) in [5, 5.41) is 0.685. The molecule has 0 aromatic heterocycles. The smallest absolute Gasteiger partial charge is 0.140 e. The summed E-state index contributed by atoms with van der Waals surface area (Å²) < 4.78 is 12.2. The van der Waals surface area contributed by atoms with Gasteiger partial charge in [0.25, 0.3) is 0 Å². The largest absolute Gasteiger partial charge is 0.494 e. The van der Waals surface area contributed by atoms with E-state index >= 15 is 0 Å². The maximum atomic E-state index is 6.52. The first kappa shape index (κ1) is 22.0. The van der Waals surface area contributed by atoms with Crippen LogP contribution >= 0.6 is 11.6 Å². The molecule has 0 saturated heterocycles. The number of rotatable bonds is 6. The maximum absolute atomic E-state index is 6.52. The molecule has 1 atom stereocenters. The summed E-state index contributed by atoms with van der Waals surface area (Å²) in [6.07, 6.45) is 1.92. The second-order valence-electron chi connectivity index (χ2n) is 7.96. The molecule has 1 heterocycles. The molecule has 1 aliphatic heterocycles. The molecule has 0 saturated carbocycles.